The van der Waals surface area contributed by atoms with Gasteiger partial charge in [0.2, 0.25) is 5.78 Å². The number of fused-ring (bicyclic) bond motifs is 1. The van der Waals surface area contributed by atoms with Crippen LogP contribution in [0, 0.1) is 6.92 Å². The van der Waals surface area contributed by atoms with Gasteiger partial charge in [0, 0.05) is 12.2 Å². The zero-order valence-electron chi connectivity index (χ0n) is 37.4. The Labute approximate surface area is 373 Å². The minimum absolute atomic E-state index is 0.0685. The summed E-state index contributed by atoms with van der Waals surface area (Å²) in [5.41, 5.74) is 0.900. The Balaban J connectivity index is 1.17. The third-order valence-corrected chi connectivity index (χ3v) is 12.2. The van der Waals surface area contributed by atoms with Crippen LogP contribution < -0.4 is 20.1 Å². The number of rotatable bonds is 26. The number of amides is 5. The molecule has 3 aromatic rings. The maximum absolute atomic E-state index is 14.3. The number of anilines is 2. The number of nitrogens with zero attached hydrogens (tertiary/aromatic N) is 2. The molecule has 2 aliphatic rings. The van der Waals surface area contributed by atoms with E-state index in [-0.39, 0.29) is 10.7 Å². The van der Waals surface area contributed by atoms with Gasteiger partial charge in [-0.25, -0.2) is 9.69 Å². The maximum Gasteiger partial charge on any atom is 0.328 e. The summed E-state index contributed by atoms with van der Waals surface area (Å²) in [5.74, 6) is -1.76. The van der Waals surface area contributed by atoms with E-state index in [9.17, 15) is 24.0 Å². The molecule has 0 radical (unpaired) electrons. The SMILES string of the molecule is CCCCCCCCCCCCCCCc1cccc(OC(CC)C(=O)Nc2ccc(Cl)c(NC(=O)C(C(=O)C(C)(C)Oc3ccc(C)cc3)N3C(=O)C4CCCN4C3=O)c2)c1. The van der Waals surface area contributed by atoms with Crippen molar-refractivity contribution in [2.75, 3.05) is 17.2 Å². The topological polar surface area (TPSA) is 134 Å². The van der Waals surface area contributed by atoms with Crippen molar-refractivity contribution < 1.29 is 33.4 Å². The van der Waals surface area contributed by atoms with Gasteiger partial charge in [-0.1, -0.05) is 132 Å². The summed E-state index contributed by atoms with van der Waals surface area (Å²) in [6.45, 7) is 9.37. The number of carbonyl (C=O) groups excluding carboxylic acids is 5. The van der Waals surface area contributed by atoms with E-state index >= 15 is 0 Å². The largest absolute Gasteiger partial charge is 0.481 e. The molecular weight excluding hydrogens is 804 g/mol. The van der Waals surface area contributed by atoms with Gasteiger partial charge >= 0.3 is 6.03 Å². The normalized spacial score (nSPS) is 15.9. The second kappa shape index (κ2) is 23.5. The number of Topliss-reactive ketones (excluding diaryl/α,β-unsaturated/α-hetero) is 1. The molecule has 62 heavy (non-hydrogen) atoms. The highest BCUT2D eigenvalue weighted by Gasteiger charge is 2.55. The molecule has 5 rings (SSSR count). The Morgan fingerprint density at radius 2 is 1.44 bits per heavy atom. The molecule has 336 valence electrons. The van der Waals surface area contributed by atoms with E-state index in [4.69, 9.17) is 21.1 Å². The molecule has 0 bridgehead atoms. The molecule has 2 aliphatic heterocycles. The summed E-state index contributed by atoms with van der Waals surface area (Å²) in [7, 11) is 0. The number of hydrogen-bond donors (Lipinski definition) is 2. The lowest BCUT2D eigenvalue weighted by Gasteiger charge is -2.32. The number of ether oxygens (including phenoxy) is 2. The van der Waals surface area contributed by atoms with Crippen molar-refractivity contribution in [3.8, 4) is 11.5 Å². The number of carbonyl (C=O) groups is 5. The van der Waals surface area contributed by atoms with E-state index in [1.807, 2.05) is 44.2 Å². The lowest BCUT2D eigenvalue weighted by atomic mass is 9.94. The van der Waals surface area contributed by atoms with Gasteiger partial charge in [0.15, 0.2) is 17.7 Å². The lowest BCUT2D eigenvalue weighted by molar-refractivity contribution is -0.146. The average molecular weight is 872 g/mol. The molecule has 12 heteroatoms. The first kappa shape index (κ1) is 48.1. The fourth-order valence-electron chi connectivity index (χ4n) is 8.25. The van der Waals surface area contributed by atoms with Gasteiger partial charge in [-0.15, -0.1) is 0 Å². The van der Waals surface area contributed by atoms with Crippen LogP contribution in [0.4, 0.5) is 16.2 Å². The molecule has 11 nitrogen and oxygen atoms in total. The monoisotopic (exact) mass is 870 g/mol. The molecule has 3 aromatic carbocycles. The number of imide groups is 1. The van der Waals surface area contributed by atoms with Gasteiger partial charge in [0.05, 0.1) is 10.7 Å². The Bertz CT molecular complexity index is 1960. The number of halogens is 1. The van der Waals surface area contributed by atoms with Gasteiger partial charge in [-0.05, 0) is 101 Å². The molecule has 2 heterocycles. The van der Waals surface area contributed by atoms with Crippen molar-refractivity contribution in [3.05, 3.63) is 82.9 Å². The number of aryl methyl sites for hydroxylation is 2. The average Bonchev–Trinajstić information content (AvgIpc) is 3.83. The van der Waals surface area contributed by atoms with E-state index in [2.05, 4.69) is 23.6 Å². The zero-order chi connectivity index (χ0) is 44.6. The van der Waals surface area contributed by atoms with E-state index in [1.165, 1.54) is 113 Å². The highest BCUT2D eigenvalue weighted by Crippen LogP contribution is 2.33. The molecule has 3 unspecified atom stereocenters. The Hall–Kier alpha value is -4.90. The smallest absolute Gasteiger partial charge is 0.328 e. The Morgan fingerprint density at radius 3 is 2.06 bits per heavy atom. The third-order valence-electron chi connectivity index (χ3n) is 11.9. The number of benzene rings is 3. The maximum atomic E-state index is 14.3. The fraction of sp³-hybridized carbons (Fsp3) is 0.540. The van der Waals surface area contributed by atoms with E-state index < -0.39 is 53.3 Å². The van der Waals surface area contributed by atoms with E-state index in [1.54, 1.807) is 18.2 Å². The summed E-state index contributed by atoms with van der Waals surface area (Å²) in [6.07, 6.45) is 18.6. The minimum Gasteiger partial charge on any atom is -0.481 e. The molecule has 0 saturated carbocycles. The van der Waals surface area contributed by atoms with Gasteiger partial charge < -0.3 is 25.0 Å². The summed E-state index contributed by atoms with van der Waals surface area (Å²) in [6, 6.07) is 16.2. The van der Waals surface area contributed by atoms with Crippen LogP contribution in [0.25, 0.3) is 0 Å². The first-order valence-corrected chi connectivity index (χ1v) is 23.3. The predicted octanol–water partition coefficient (Wildman–Crippen LogP) is 11.2. The minimum atomic E-state index is -1.87. The zero-order valence-corrected chi connectivity index (χ0v) is 38.2. The molecule has 3 atom stereocenters. The summed E-state index contributed by atoms with van der Waals surface area (Å²) in [4.78, 5) is 71.6. The number of nitrogens with one attached hydrogen (secondary N) is 2. The van der Waals surface area contributed by atoms with Crippen LogP contribution in [0.3, 0.4) is 0 Å². The van der Waals surface area contributed by atoms with Crippen LogP contribution in [-0.2, 0) is 25.6 Å². The quantitative estimate of drug-likeness (QED) is 0.0466. The molecule has 2 N–H and O–H groups in total. The summed E-state index contributed by atoms with van der Waals surface area (Å²) in [5, 5.41) is 5.65. The number of ketones is 1. The van der Waals surface area contributed by atoms with Gasteiger partial charge in [-0.3, -0.25) is 19.2 Å². The van der Waals surface area contributed by atoms with Crippen LogP contribution >= 0.6 is 11.6 Å². The molecule has 0 aliphatic carbocycles. The first-order chi connectivity index (χ1) is 29.8. The molecular formula is C50H67ClN4O7. The summed E-state index contributed by atoms with van der Waals surface area (Å²) >= 11 is 6.56. The van der Waals surface area contributed by atoms with Crippen LogP contribution in [-0.4, -0.2) is 69.7 Å². The molecule has 2 fully saturated rings. The molecule has 0 aromatic heterocycles. The number of urea groups is 1. The van der Waals surface area contributed by atoms with Crippen LogP contribution in [0.2, 0.25) is 5.02 Å². The molecule has 0 spiro atoms. The highest BCUT2D eigenvalue weighted by molar-refractivity contribution is 6.34. The van der Waals surface area contributed by atoms with Crippen molar-refractivity contribution in [2.45, 2.75) is 168 Å². The summed E-state index contributed by atoms with van der Waals surface area (Å²) < 4.78 is 12.3. The first-order valence-electron chi connectivity index (χ1n) is 22.9. The second-order valence-electron chi connectivity index (χ2n) is 17.4. The number of unbranched alkanes of at least 4 members (excludes halogenated alkanes) is 12. The van der Waals surface area contributed by atoms with Crippen molar-refractivity contribution >= 4 is 52.5 Å². The van der Waals surface area contributed by atoms with Crippen LogP contribution in [0.15, 0.2) is 66.7 Å². The third kappa shape index (κ3) is 13.3. The van der Waals surface area contributed by atoms with Crippen molar-refractivity contribution in [1.82, 2.24) is 9.80 Å². The molecule has 2 saturated heterocycles. The van der Waals surface area contributed by atoms with E-state index in [0.29, 0.717) is 43.0 Å². The lowest BCUT2D eigenvalue weighted by Crippen LogP contribution is -2.59. The second-order valence-corrected chi connectivity index (χ2v) is 17.8. The Morgan fingerprint density at radius 1 is 0.790 bits per heavy atom. The molecule has 5 amide bonds. The van der Waals surface area contributed by atoms with Crippen LogP contribution in [0.1, 0.15) is 142 Å². The van der Waals surface area contributed by atoms with Crippen molar-refractivity contribution in [2.24, 2.45) is 0 Å². The van der Waals surface area contributed by atoms with Gasteiger partial charge in [-0.2, -0.15) is 0 Å². The van der Waals surface area contributed by atoms with Crippen molar-refractivity contribution in [3.63, 3.8) is 0 Å². The number of hydrogen-bond acceptors (Lipinski definition) is 7. The Kier molecular flexibility index (Phi) is 18.3. The standard InChI is InChI=1S/C50H67ClN4O7/c1-6-8-9-10-11-12-13-14-15-16-17-18-19-22-36-23-20-24-39(33-36)61-43(7-2)46(57)52-37-28-31-40(51)41(34-37)53-47(58)44(55-48(59)42-25-21-32-54(42)49(55)60)45(56)50(4,5)62-38-29-26-35(3)27-30-38/h20,23-24,26-31,33-34,42-44H,6-19,21-22,25,32H2,1-5H3,(H,52,57)(H,53,58). The van der Waals surface area contributed by atoms with Crippen molar-refractivity contribution in [1.29, 1.82) is 0 Å². The van der Waals surface area contributed by atoms with Gasteiger partial charge in [0.1, 0.15) is 17.5 Å². The fourth-order valence-corrected chi connectivity index (χ4v) is 8.41. The highest BCUT2D eigenvalue weighted by atomic mass is 35.5. The van der Waals surface area contributed by atoms with Gasteiger partial charge in [0.25, 0.3) is 17.7 Å². The van der Waals surface area contributed by atoms with E-state index in [0.717, 1.165) is 23.3 Å². The van der Waals surface area contributed by atoms with Crippen LogP contribution in [0.5, 0.6) is 11.5 Å². The predicted molar refractivity (Wildman–Crippen MR) is 246 cm³/mol.